The predicted molar refractivity (Wildman–Crippen MR) is 92.2 cm³/mol. The molecule has 126 valence electrons. The number of nitrogens with one attached hydrogen (secondary N) is 1. The lowest BCUT2D eigenvalue weighted by Gasteiger charge is -2.33. The van der Waals surface area contributed by atoms with Crippen molar-refractivity contribution in [3.63, 3.8) is 0 Å². The van der Waals surface area contributed by atoms with Crippen LogP contribution in [0.2, 0.25) is 0 Å². The summed E-state index contributed by atoms with van der Waals surface area (Å²) in [6.45, 7) is 8.10. The molecule has 1 aromatic rings. The molecule has 1 amide bonds. The highest BCUT2D eigenvalue weighted by Gasteiger charge is 2.24. The van der Waals surface area contributed by atoms with Crippen LogP contribution in [-0.4, -0.2) is 45.9 Å². The number of hydrogen-bond donors (Lipinski definition) is 1. The minimum atomic E-state index is -0.00634. The summed E-state index contributed by atoms with van der Waals surface area (Å²) in [7, 11) is 0. The zero-order valence-corrected chi connectivity index (χ0v) is 14.5. The lowest BCUT2D eigenvalue weighted by Crippen LogP contribution is -2.47. The SMILES string of the molecule is CC(C)=CCC[C@H](C)NC1CCN(C(=O)c2cnccn2)CC1. The molecule has 1 fully saturated rings. The first-order valence-corrected chi connectivity index (χ1v) is 8.51. The summed E-state index contributed by atoms with van der Waals surface area (Å²) in [4.78, 5) is 22.3. The van der Waals surface area contributed by atoms with Gasteiger partial charge in [0.05, 0.1) is 6.20 Å². The van der Waals surface area contributed by atoms with E-state index in [2.05, 4.69) is 42.1 Å². The van der Waals surface area contributed by atoms with Gasteiger partial charge in [0.25, 0.3) is 5.91 Å². The Bertz CT molecular complexity index is 517. The number of allylic oxidation sites excluding steroid dienone is 2. The van der Waals surface area contributed by atoms with Crippen molar-refractivity contribution in [2.45, 2.75) is 58.5 Å². The largest absolute Gasteiger partial charge is 0.337 e. The molecular weight excluding hydrogens is 288 g/mol. The molecule has 1 aromatic heterocycles. The van der Waals surface area contributed by atoms with Gasteiger partial charge in [-0.05, 0) is 46.5 Å². The third-order valence-electron chi connectivity index (χ3n) is 4.24. The highest BCUT2D eigenvalue weighted by Crippen LogP contribution is 2.14. The van der Waals surface area contributed by atoms with E-state index in [1.807, 2.05) is 4.90 Å². The van der Waals surface area contributed by atoms with Crippen molar-refractivity contribution in [2.24, 2.45) is 0 Å². The smallest absolute Gasteiger partial charge is 0.274 e. The van der Waals surface area contributed by atoms with Gasteiger partial charge in [-0.3, -0.25) is 9.78 Å². The molecule has 2 heterocycles. The van der Waals surface area contributed by atoms with Gasteiger partial charge >= 0.3 is 0 Å². The van der Waals surface area contributed by atoms with Gasteiger partial charge in [-0.25, -0.2) is 4.98 Å². The summed E-state index contributed by atoms with van der Waals surface area (Å²) in [5.74, 6) is -0.00634. The van der Waals surface area contributed by atoms with Gasteiger partial charge in [0.2, 0.25) is 0 Å². The van der Waals surface area contributed by atoms with Crippen molar-refractivity contribution in [1.82, 2.24) is 20.2 Å². The van der Waals surface area contributed by atoms with Gasteiger partial charge in [-0.15, -0.1) is 0 Å². The molecule has 1 N–H and O–H groups in total. The van der Waals surface area contributed by atoms with Crippen LogP contribution in [0.4, 0.5) is 0 Å². The molecule has 1 atom stereocenters. The van der Waals surface area contributed by atoms with Crippen LogP contribution in [0.25, 0.3) is 0 Å². The summed E-state index contributed by atoms with van der Waals surface area (Å²) in [5, 5.41) is 3.70. The van der Waals surface area contributed by atoms with Crippen molar-refractivity contribution in [1.29, 1.82) is 0 Å². The van der Waals surface area contributed by atoms with Crippen LogP contribution in [0.5, 0.6) is 0 Å². The van der Waals surface area contributed by atoms with E-state index in [0.29, 0.717) is 17.8 Å². The minimum absolute atomic E-state index is 0.00634. The Labute approximate surface area is 139 Å². The van der Waals surface area contributed by atoms with E-state index in [0.717, 1.165) is 38.8 Å². The lowest BCUT2D eigenvalue weighted by atomic mass is 10.0. The molecule has 0 spiro atoms. The molecule has 0 aromatic carbocycles. The lowest BCUT2D eigenvalue weighted by molar-refractivity contribution is 0.0695. The fraction of sp³-hybridized carbons (Fsp3) is 0.611. The van der Waals surface area contributed by atoms with E-state index >= 15 is 0 Å². The van der Waals surface area contributed by atoms with Gasteiger partial charge in [-0.1, -0.05) is 11.6 Å². The van der Waals surface area contributed by atoms with Gasteiger partial charge in [0.15, 0.2) is 0 Å². The number of nitrogens with zero attached hydrogens (tertiary/aromatic N) is 3. The zero-order valence-electron chi connectivity index (χ0n) is 14.5. The normalized spacial score (nSPS) is 16.9. The van der Waals surface area contributed by atoms with E-state index in [4.69, 9.17) is 0 Å². The average Bonchev–Trinajstić information content (AvgIpc) is 2.55. The number of carbonyl (C=O) groups excluding carboxylic acids is 1. The van der Waals surface area contributed by atoms with Crippen molar-refractivity contribution >= 4 is 5.91 Å². The molecule has 0 saturated carbocycles. The number of amides is 1. The summed E-state index contributed by atoms with van der Waals surface area (Å²) < 4.78 is 0. The van der Waals surface area contributed by atoms with Gasteiger partial charge in [-0.2, -0.15) is 0 Å². The Kier molecular flexibility index (Phi) is 6.71. The molecule has 0 bridgehead atoms. The summed E-state index contributed by atoms with van der Waals surface area (Å²) in [6.07, 6.45) is 11.3. The number of carbonyl (C=O) groups is 1. The monoisotopic (exact) mass is 316 g/mol. The van der Waals surface area contributed by atoms with Crippen molar-refractivity contribution in [2.75, 3.05) is 13.1 Å². The van der Waals surface area contributed by atoms with Gasteiger partial charge < -0.3 is 10.2 Å². The Morgan fingerprint density at radius 2 is 2.13 bits per heavy atom. The van der Waals surface area contributed by atoms with E-state index in [-0.39, 0.29) is 5.91 Å². The maximum atomic E-state index is 12.3. The molecule has 0 aliphatic carbocycles. The first-order valence-electron chi connectivity index (χ1n) is 8.51. The average molecular weight is 316 g/mol. The Morgan fingerprint density at radius 3 is 2.74 bits per heavy atom. The molecule has 0 unspecified atom stereocenters. The van der Waals surface area contributed by atoms with Gasteiger partial charge in [0, 0.05) is 37.6 Å². The highest BCUT2D eigenvalue weighted by atomic mass is 16.2. The molecule has 23 heavy (non-hydrogen) atoms. The zero-order chi connectivity index (χ0) is 16.7. The second-order valence-corrected chi connectivity index (χ2v) is 6.58. The molecule has 2 rings (SSSR count). The molecule has 1 aliphatic heterocycles. The molecule has 1 saturated heterocycles. The minimum Gasteiger partial charge on any atom is -0.337 e. The number of rotatable bonds is 6. The van der Waals surface area contributed by atoms with Gasteiger partial charge in [0.1, 0.15) is 5.69 Å². The van der Waals surface area contributed by atoms with E-state index in [9.17, 15) is 4.79 Å². The Hall–Kier alpha value is -1.75. The highest BCUT2D eigenvalue weighted by molar-refractivity contribution is 5.92. The quantitative estimate of drug-likeness (QED) is 0.820. The van der Waals surface area contributed by atoms with Crippen LogP contribution in [0.1, 0.15) is 56.9 Å². The maximum Gasteiger partial charge on any atom is 0.274 e. The molecule has 0 radical (unpaired) electrons. The third kappa shape index (κ3) is 5.75. The van der Waals surface area contributed by atoms with Crippen LogP contribution >= 0.6 is 0 Å². The number of likely N-dealkylation sites (tertiary alicyclic amines) is 1. The predicted octanol–water partition coefficient (Wildman–Crippen LogP) is 2.81. The van der Waals surface area contributed by atoms with Crippen LogP contribution in [0.3, 0.4) is 0 Å². The van der Waals surface area contributed by atoms with Crippen LogP contribution in [-0.2, 0) is 0 Å². The maximum absolute atomic E-state index is 12.3. The molecule has 5 nitrogen and oxygen atoms in total. The number of aromatic nitrogens is 2. The molecule has 5 heteroatoms. The van der Waals surface area contributed by atoms with Crippen LogP contribution in [0, 0.1) is 0 Å². The third-order valence-corrected chi connectivity index (χ3v) is 4.24. The van der Waals surface area contributed by atoms with Crippen LogP contribution < -0.4 is 5.32 Å². The fourth-order valence-corrected chi connectivity index (χ4v) is 2.93. The second-order valence-electron chi connectivity index (χ2n) is 6.58. The van der Waals surface area contributed by atoms with E-state index in [1.54, 1.807) is 12.4 Å². The van der Waals surface area contributed by atoms with E-state index < -0.39 is 0 Å². The first-order chi connectivity index (χ1) is 11.1. The summed E-state index contributed by atoms with van der Waals surface area (Å²) in [6, 6.07) is 1.01. The molecular formula is C18H28N4O. The van der Waals surface area contributed by atoms with E-state index in [1.165, 1.54) is 11.8 Å². The van der Waals surface area contributed by atoms with Crippen molar-refractivity contribution in [3.8, 4) is 0 Å². The topological polar surface area (TPSA) is 58.1 Å². The Morgan fingerprint density at radius 1 is 1.39 bits per heavy atom. The second kappa shape index (κ2) is 8.77. The van der Waals surface area contributed by atoms with Crippen molar-refractivity contribution < 1.29 is 4.79 Å². The van der Waals surface area contributed by atoms with Crippen molar-refractivity contribution in [3.05, 3.63) is 35.9 Å². The van der Waals surface area contributed by atoms with Crippen LogP contribution in [0.15, 0.2) is 30.2 Å². The standard InChI is InChI=1S/C18H28N4O/c1-14(2)5-4-6-15(3)21-16-7-11-22(12-8-16)18(23)17-13-19-9-10-20-17/h5,9-10,13,15-16,21H,4,6-8,11-12H2,1-3H3/t15-/m0/s1. The molecule has 1 aliphatic rings. The summed E-state index contributed by atoms with van der Waals surface area (Å²) in [5.41, 5.74) is 1.82. The summed E-state index contributed by atoms with van der Waals surface area (Å²) >= 11 is 0. The first kappa shape index (κ1) is 17.6. The number of piperidine rings is 1. The Balaban J connectivity index is 1.73. The number of hydrogen-bond acceptors (Lipinski definition) is 4. The fourth-order valence-electron chi connectivity index (χ4n) is 2.93.